The van der Waals surface area contributed by atoms with E-state index in [9.17, 15) is 0 Å². The lowest BCUT2D eigenvalue weighted by Gasteiger charge is -2.05. The molecule has 0 radical (unpaired) electrons. The van der Waals surface area contributed by atoms with Crippen LogP contribution in [0.15, 0.2) is 42.5 Å². The Hall–Kier alpha value is -1.14. The summed E-state index contributed by atoms with van der Waals surface area (Å²) in [6, 6.07) is 15.3. The molecule has 0 saturated heterocycles. The van der Waals surface area contributed by atoms with Crippen molar-refractivity contribution in [1.82, 2.24) is 0 Å². The highest BCUT2D eigenvalue weighted by atomic mass is 35.5. The van der Waals surface area contributed by atoms with E-state index in [1.165, 1.54) is 5.56 Å². The number of hydrogen-bond acceptors (Lipinski definition) is 2. The van der Waals surface area contributed by atoms with Gasteiger partial charge in [0.25, 0.3) is 0 Å². The number of rotatable bonds is 4. The van der Waals surface area contributed by atoms with Crippen molar-refractivity contribution in [2.75, 3.05) is 0 Å². The standard InChI is InChI=1S/C15H11Cl2NS/c16-14-5-2-11(3-6-14)9-19-10-13-4-1-12(8-18)7-15(13)17/h1-7H,9-10H2. The second-order valence-electron chi connectivity index (χ2n) is 4.04. The first-order chi connectivity index (χ1) is 9.19. The van der Waals surface area contributed by atoms with Crippen LogP contribution in [0.3, 0.4) is 0 Å². The van der Waals surface area contributed by atoms with E-state index >= 15 is 0 Å². The number of thioether (sulfide) groups is 1. The number of nitriles is 1. The molecule has 2 rings (SSSR count). The minimum atomic E-state index is 0.594. The molecule has 1 nitrogen and oxygen atoms in total. The van der Waals surface area contributed by atoms with Crippen LogP contribution in [0.5, 0.6) is 0 Å². The van der Waals surface area contributed by atoms with Crippen LogP contribution in [0, 0.1) is 11.3 Å². The van der Waals surface area contributed by atoms with Gasteiger partial charge in [-0.25, -0.2) is 0 Å². The van der Waals surface area contributed by atoms with E-state index in [1.54, 1.807) is 23.9 Å². The van der Waals surface area contributed by atoms with Crippen molar-refractivity contribution in [3.63, 3.8) is 0 Å². The third-order valence-electron chi connectivity index (χ3n) is 2.62. The van der Waals surface area contributed by atoms with Crippen LogP contribution in [0.1, 0.15) is 16.7 Å². The molecule has 0 aromatic heterocycles. The monoisotopic (exact) mass is 307 g/mol. The van der Waals surface area contributed by atoms with E-state index in [0.29, 0.717) is 10.6 Å². The lowest BCUT2D eigenvalue weighted by Crippen LogP contribution is -1.86. The Morgan fingerprint density at radius 2 is 1.74 bits per heavy atom. The van der Waals surface area contributed by atoms with Gasteiger partial charge in [-0.3, -0.25) is 0 Å². The second kappa shape index (κ2) is 6.86. The summed E-state index contributed by atoms with van der Waals surface area (Å²) in [5, 5.41) is 10.2. The zero-order valence-corrected chi connectivity index (χ0v) is 12.4. The summed E-state index contributed by atoms with van der Waals surface area (Å²) in [4.78, 5) is 0. The fourth-order valence-electron chi connectivity index (χ4n) is 1.59. The first-order valence-corrected chi connectivity index (χ1v) is 7.61. The minimum Gasteiger partial charge on any atom is -0.192 e. The average Bonchev–Trinajstić information content (AvgIpc) is 2.42. The van der Waals surface area contributed by atoms with Gasteiger partial charge in [0.2, 0.25) is 0 Å². The zero-order valence-electron chi connectivity index (χ0n) is 10.1. The lowest BCUT2D eigenvalue weighted by molar-refractivity contribution is 1.36. The molecule has 2 aromatic rings. The maximum atomic E-state index is 8.78. The second-order valence-corrected chi connectivity index (χ2v) is 5.87. The summed E-state index contributed by atoms with van der Waals surface area (Å²) in [6.07, 6.45) is 0. The van der Waals surface area contributed by atoms with Crippen LogP contribution in [0.2, 0.25) is 10.0 Å². The van der Waals surface area contributed by atoms with Crippen LogP contribution in [0.25, 0.3) is 0 Å². The van der Waals surface area contributed by atoms with Gasteiger partial charge in [0.1, 0.15) is 0 Å². The maximum Gasteiger partial charge on any atom is 0.0992 e. The Labute approximate surface area is 127 Å². The van der Waals surface area contributed by atoms with E-state index in [-0.39, 0.29) is 0 Å². The van der Waals surface area contributed by atoms with Crippen LogP contribution in [-0.4, -0.2) is 0 Å². The number of benzene rings is 2. The van der Waals surface area contributed by atoms with Crippen molar-refractivity contribution < 1.29 is 0 Å². The van der Waals surface area contributed by atoms with Crippen molar-refractivity contribution >= 4 is 35.0 Å². The van der Waals surface area contributed by atoms with E-state index in [0.717, 1.165) is 22.1 Å². The molecule has 0 fully saturated rings. The number of nitrogens with zero attached hydrogens (tertiary/aromatic N) is 1. The van der Waals surface area contributed by atoms with E-state index < -0.39 is 0 Å². The zero-order chi connectivity index (χ0) is 13.7. The largest absolute Gasteiger partial charge is 0.192 e. The summed E-state index contributed by atoms with van der Waals surface area (Å²) >= 11 is 13.8. The highest BCUT2D eigenvalue weighted by Crippen LogP contribution is 2.24. The molecule has 4 heteroatoms. The predicted molar refractivity (Wildman–Crippen MR) is 82.6 cm³/mol. The molecular formula is C15H11Cl2NS. The lowest BCUT2D eigenvalue weighted by atomic mass is 10.2. The Kier molecular flexibility index (Phi) is 5.15. The Morgan fingerprint density at radius 3 is 2.37 bits per heavy atom. The SMILES string of the molecule is N#Cc1ccc(CSCc2ccc(Cl)cc2)c(Cl)c1. The Balaban J connectivity index is 1.92. The topological polar surface area (TPSA) is 23.8 Å². The van der Waals surface area contributed by atoms with E-state index in [2.05, 4.69) is 6.07 Å². The van der Waals surface area contributed by atoms with Crippen molar-refractivity contribution in [2.45, 2.75) is 11.5 Å². The minimum absolute atomic E-state index is 0.594. The van der Waals surface area contributed by atoms with Crippen LogP contribution < -0.4 is 0 Å². The molecule has 0 saturated carbocycles. The van der Waals surface area contributed by atoms with Gasteiger partial charge in [0, 0.05) is 21.6 Å². The quantitative estimate of drug-likeness (QED) is 0.765. The van der Waals surface area contributed by atoms with E-state index in [4.69, 9.17) is 28.5 Å². The molecule has 0 atom stereocenters. The smallest absolute Gasteiger partial charge is 0.0992 e. The van der Waals surface area contributed by atoms with Crippen molar-refractivity contribution in [2.24, 2.45) is 0 Å². The number of halogens is 2. The third kappa shape index (κ3) is 4.18. The highest BCUT2D eigenvalue weighted by molar-refractivity contribution is 7.97. The molecule has 2 aromatic carbocycles. The Bertz CT molecular complexity index is 603. The van der Waals surface area contributed by atoms with Gasteiger partial charge >= 0.3 is 0 Å². The predicted octanol–water partition coefficient (Wildman–Crippen LogP) is 5.30. The van der Waals surface area contributed by atoms with Gasteiger partial charge in [0.15, 0.2) is 0 Å². The average molecular weight is 308 g/mol. The molecule has 0 aliphatic heterocycles. The number of hydrogen-bond donors (Lipinski definition) is 0. The van der Waals surface area contributed by atoms with Gasteiger partial charge in [-0.15, -0.1) is 0 Å². The molecule has 0 spiro atoms. The van der Waals surface area contributed by atoms with Crippen LogP contribution in [0.4, 0.5) is 0 Å². The molecule has 0 heterocycles. The maximum absolute atomic E-state index is 8.78. The van der Waals surface area contributed by atoms with Gasteiger partial charge in [-0.2, -0.15) is 17.0 Å². The molecule has 19 heavy (non-hydrogen) atoms. The van der Waals surface area contributed by atoms with Crippen molar-refractivity contribution in [3.05, 3.63) is 69.2 Å². The fourth-order valence-corrected chi connectivity index (χ4v) is 3.05. The van der Waals surface area contributed by atoms with Crippen molar-refractivity contribution in [1.29, 1.82) is 5.26 Å². The molecule has 0 N–H and O–H groups in total. The van der Waals surface area contributed by atoms with Gasteiger partial charge in [-0.05, 0) is 35.4 Å². The summed E-state index contributed by atoms with van der Waals surface area (Å²) in [5.74, 6) is 1.74. The first-order valence-electron chi connectivity index (χ1n) is 5.70. The molecular weight excluding hydrogens is 297 g/mol. The molecule has 0 aliphatic carbocycles. The summed E-state index contributed by atoms with van der Waals surface area (Å²) < 4.78 is 0. The fraction of sp³-hybridized carbons (Fsp3) is 0.133. The van der Waals surface area contributed by atoms with Crippen molar-refractivity contribution in [3.8, 4) is 6.07 Å². The molecule has 0 bridgehead atoms. The van der Waals surface area contributed by atoms with Gasteiger partial charge in [0.05, 0.1) is 11.6 Å². The Morgan fingerprint density at radius 1 is 1.00 bits per heavy atom. The summed E-state index contributed by atoms with van der Waals surface area (Å²) in [5.41, 5.74) is 2.88. The van der Waals surface area contributed by atoms with Gasteiger partial charge < -0.3 is 0 Å². The first kappa shape index (κ1) is 14.3. The summed E-state index contributed by atoms with van der Waals surface area (Å²) in [7, 11) is 0. The molecule has 0 amide bonds. The van der Waals surface area contributed by atoms with Crippen LogP contribution >= 0.6 is 35.0 Å². The van der Waals surface area contributed by atoms with E-state index in [1.807, 2.05) is 30.3 Å². The third-order valence-corrected chi connectivity index (χ3v) is 4.28. The normalized spacial score (nSPS) is 10.2. The van der Waals surface area contributed by atoms with Gasteiger partial charge in [-0.1, -0.05) is 41.4 Å². The highest BCUT2D eigenvalue weighted by Gasteiger charge is 2.02. The summed E-state index contributed by atoms with van der Waals surface area (Å²) in [6.45, 7) is 0. The molecule has 0 unspecified atom stereocenters. The molecule has 96 valence electrons. The molecule has 0 aliphatic rings. The van der Waals surface area contributed by atoms with Crippen LogP contribution in [-0.2, 0) is 11.5 Å².